The Bertz CT molecular complexity index is 454. The van der Waals surface area contributed by atoms with E-state index in [9.17, 15) is 0 Å². The van der Waals surface area contributed by atoms with Crippen molar-refractivity contribution in [1.82, 2.24) is 4.57 Å². The molecular weight excluding hydrogens is 208 g/mol. The number of nitrogens with two attached hydrogens (primary N) is 1. The highest BCUT2D eigenvalue weighted by molar-refractivity contribution is 5.23. The largest absolute Gasteiger partial charge is 0.347 e. The molecule has 90 valence electrons. The molecule has 0 unspecified atom stereocenters. The third kappa shape index (κ3) is 2.98. The molecule has 0 aliphatic rings. The lowest BCUT2D eigenvalue weighted by atomic mass is 10.1. The molecule has 2 N–H and O–H groups in total. The molecule has 0 saturated carbocycles. The number of aromatic nitrogens is 1. The van der Waals surface area contributed by atoms with Gasteiger partial charge in [0, 0.05) is 18.4 Å². The summed E-state index contributed by atoms with van der Waals surface area (Å²) in [5, 5.41) is 0. The average molecular weight is 228 g/mol. The standard InChI is InChI=1S/C15H20N2/c1-2-13-5-7-14(8-6-13)12-17-11-3-4-15(17)9-10-16/h3-8,11H,2,9-10,12,16H2,1H3. The minimum atomic E-state index is 0.707. The fourth-order valence-corrected chi connectivity index (χ4v) is 2.06. The first-order chi connectivity index (χ1) is 8.33. The summed E-state index contributed by atoms with van der Waals surface area (Å²) in [6, 6.07) is 13.1. The molecule has 1 aromatic heterocycles. The Morgan fingerprint density at radius 2 is 1.76 bits per heavy atom. The van der Waals surface area contributed by atoms with Crippen LogP contribution in [-0.4, -0.2) is 11.1 Å². The molecule has 0 saturated heterocycles. The Hall–Kier alpha value is -1.54. The number of nitrogens with zero attached hydrogens (tertiary/aromatic N) is 1. The molecule has 1 heterocycles. The van der Waals surface area contributed by atoms with E-state index in [1.54, 1.807) is 0 Å². The third-order valence-corrected chi connectivity index (χ3v) is 3.11. The second-order valence-corrected chi connectivity index (χ2v) is 4.34. The highest BCUT2D eigenvalue weighted by Gasteiger charge is 2.01. The van der Waals surface area contributed by atoms with Crippen molar-refractivity contribution < 1.29 is 0 Å². The van der Waals surface area contributed by atoms with Gasteiger partial charge in [0.15, 0.2) is 0 Å². The first kappa shape index (κ1) is 11.9. The van der Waals surface area contributed by atoms with E-state index in [1.165, 1.54) is 16.8 Å². The van der Waals surface area contributed by atoms with Crippen molar-refractivity contribution >= 4 is 0 Å². The zero-order chi connectivity index (χ0) is 12.1. The fraction of sp³-hybridized carbons (Fsp3) is 0.333. The Morgan fingerprint density at radius 3 is 2.41 bits per heavy atom. The highest BCUT2D eigenvalue weighted by atomic mass is 15.0. The molecule has 2 rings (SSSR count). The summed E-state index contributed by atoms with van der Waals surface area (Å²) in [6.07, 6.45) is 4.17. The van der Waals surface area contributed by atoms with Crippen LogP contribution >= 0.6 is 0 Å². The van der Waals surface area contributed by atoms with E-state index in [0.717, 1.165) is 19.4 Å². The van der Waals surface area contributed by atoms with Crippen molar-refractivity contribution in [2.45, 2.75) is 26.3 Å². The quantitative estimate of drug-likeness (QED) is 0.838. The van der Waals surface area contributed by atoms with Gasteiger partial charge in [-0.2, -0.15) is 0 Å². The van der Waals surface area contributed by atoms with Crippen LogP contribution in [0.1, 0.15) is 23.7 Å². The normalized spacial score (nSPS) is 10.7. The summed E-state index contributed by atoms with van der Waals surface area (Å²) < 4.78 is 2.27. The molecule has 2 aromatic rings. The van der Waals surface area contributed by atoms with Crippen LogP contribution in [0.2, 0.25) is 0 Å². The van der Waals surface area contributed by atoms with Gasteiger partial charge in [-0.15, -0.1) is 0 Å². The van der Waals surface area contributed by atoms with Gasteiger partial charge < -0.3 is 10.3 Å². The van der Waals surface area contributed by atoms with Gasteiger partial charge in [-0.05, 0) is 42.6 Å². The van der Waals surface area contributed by atoms with E-state index in [2.05, 4.69) is 54.1 Å². The van der Waals surface area contributed by atoms with Crippen LogP contribution in [0.3, 0.4) is 0 Å². The maximum absolute atomic E-state index is 5.61. The van der Waals surface area contributed by atoms with Crippen molar-refractivity contribution in [1.29, 1.82) is 0 Å². The molecule has 2 heteroatoms. The predicted octanol–water partition coefficient (Wildman–Crippen LogP) is 2.60. The fourth-order valence-electron chi connectivity index (χ4n) is 2.06. The van der Waals surface area contributed by atoms with Crippen LogP contribution in [0, 0.1) is 0 Å². The predicted molar refractivity (Wildman–Crippen MR) is 72.1 cm³/mol. The van der Waals surface area contributed by atoms with Crippen molar-refractivity contribution in [3.63, 3.8) is 0 Å². The number of rotatable bonds is 5. The van der Waals surface area contributed by atoms with Gasteiger partial charge in [-0.1, -0.05) is 31.2 Å². The van der Waals surface area contributed by atoms with Gasteiger partial charge in [0.2, 0.25) is 0 Å². The Labute approximate surface area is 103 Å². The molecule has 17 heavy (non-hydrogen) atoms. The van der Waals surface area contributed by atoms with Crippen LogP contribution < -0.4 is 5.73 Å². The minimum absolute atomic E-state index is 0.707. The average Bonchev–Trinajstić information content (AvgIpc) is 2.78. The molecule has 1 aromatic carbocycles. The van der Waals surface area contributed by atoms with Gasteiger partial charge in [0.1, 0.15) is 0 Å². The third-order valence-electron chi connectivity index (χ3n) is 3.11. The summed E-state index contributed by atoms with van der Waals surface area (Å²) in [7, 11) is 0. The second-order valence-electron chi connectivity index (χ2n) is 4.34. The van der Waals surface area contributed by atoms with E-state index in [4.69, 9.17) is 5.73 Å². The topological polar surface area (TPSA) is 30.9 Å². The summed E-state index contributed by atoms with van der Waals surface area (Å²) in [5.41, 5.74) is 9.65. The van der Waals surface area contributed by atoms with E-state index in [-0.39, 0.29) is 0 Å². The molecule has 2 nitrogen and oxygen atoms in total. The molecule has 0 radical (unpaired) electrons. The molecule has 0 spiro atoms. The highest BCUT2D eigenvalue weighted by Crippen LogP contribution is 2.10. The van der Waals surface area contributed by atoms with Gasteiger partial charge in [-0.25, -0.2) is 0 Å². The smallest absolute Gasteiger partial charge is 0.0472 e. The van der Waals surface area contributed by atoms with Crippen molar-refractivity contribution in [3.05, 3.63) is 59.4 Å². The Balaban J connectivity index is 2.10. The van der Waals surface area contributed by atoms with Crippen LogP contribution in [0.25, 0.3) is 0 Å². The Morgan fingerprint density at radius 1 is 1.06 bits per heavy atom. The molecule has 0 amide bonds. The van der Waals surface area contributed by atoms with E-state index < -0.39 is 0 Å². The van der Waals surface area contributed by atoms with E-state index >= 15 is 0 Å². The van der Waals surface area contributed by atoms with Gasteiger partial charge in [0.05, 0.1) is 0 Å². The zero-order valence-corrected chi connectivity index (χ0v) is 10.4. The first-order valence-electron chi connectivity index (χ1n) is 6.25. The molecule has 0 aliphatic carbocycles. The SMILES string of the molecule is CCc1ccc(Cn2cccc2CCN)cc1. The van der Waals surface area contributed by atoms with E-state index in [0.29, 0.717) is 6.54 Å². The summed E-state index contributed by atoms with van der Waals surface area (Å²) >= 11 is 0. The van der Waals surface area contributed by atoms with Crippen LogP contribution in [-0.2, 0) is 19.4 Å². The summed E-state index contributed by atoms with van der Waals surface area (Å²) in [4.78, 5) is 0. The van der Waals surface area contributed by atoms with Crippen molar-refractivity contribution in [2.24, 2.45) is 5.73 Å². The molecule has 0 atom stereocenters. The van der Waals surface area contributed by atoms with Crippen LogP contribution in [0.4, 0.5) is 0 Å². The first-order valence-corrected chi connectivity index (χ1v) is 6.25. The van der Waals surface area contributed by atoms with E-state index in [1.807, 2.05) is 0 Å². The lowest BCUT2D eigenvalue weighted by molar-refractivity contribution is 0.736. The summed E-state index contributed by atoms with van der Waals surface area (Å²) in [5.74, 6) is 0. The zero-order valence-electron chi connectivity index (χ0n) is 10.4. The lowest BCUT2D eigenvalue weighted by Crippen LogP contribution is -2.09. The van der Waals surface area contributed by atoms with Crippen LogP contribution in [0.15, 0.2) is 42.6 Å². The van der Waals surface area contributed by atoms with Gasteiger partial charge >= 0.3 is 0 Å². The maximum atomic E-state index is 5.61. The maximum Gasteiger partial charge on any atom is 0.0472 e. The Kier molecular flexibility index (Phi) is 3.99. The number of hydrogen-bond donors (Lipinski definition) is 1. The molecule has 0 fully saturated rings. The number of benzene rings is 1. The van der Waals surface area contributed by atoms with Crippen LogP contribution in [0.5, 0.6) is 0 Å². The minimum Gasteiger partial charge on any atom is -0.347 e. The monoisotopic (exact) mass is 228 g/mol. The van der Waals surface area contributed by atoms with Crippen molar-refractivity contribution in [3.8, 4) is 0 Å². The number of hydrogen-bond acceptors (Lipinski definition) is 1. The molecule has 0 bridgehead atoms. The molecule has 0 aliphatic heterocycles. The number of aryl methyl sites for hydroxylation is 1. The van der Waals surface area contributed by atoms with Crippen molar-refractivity contribution in [2.75, 3.05) is 6.54 Å². The second kappa shape index (κ2) is 5.69. The lowest BCUT2D eigenvalue weighted by Gasteiger charge is -2.09. The van der Waals surface area contributed by atoms with Gasteiger partial charge in [-0.3, -0.25) is 0 Å². The van der Waals surface area contributed by atoms with Gasteiger partial charge in [0.25, 0.3) is 0 Å². The molecular formula is C15H20N2. The summed E-state index contributed by atoms with van der Waals surface area (Å²) in [6.45, 7) is 3.82.